The molecule has 0 saturated carbocycles. The summed E-state index contributed by atoms with van der Waals surface area (Å²) in [4.78, 5) is 14.4. The van der Waals surface area contributed by atoms with E-state index in [9.17, 15) is 0 Å². The maximum Gasteiger partial charge on any atom is 0.133 e. The Kier molecular flexibility index (Phi) is 5.78. The Labute approximate surface area is 167 Å². The van der Waals surface area contributed by atoms with Gasteiger partial charge in [0.1, 0.15) is 24.0 Å². The number of para-hydroxylation sites is 1. The molecule has 1 aromatic heterocycles. The predicted octanol–water partition coefficient (Wildman–Crippen LogP) is 2.71. The molecule has 0 amide bonds. The van der Waals surface area contributed by atoms with E-state index in [1.54, 1.807) is 0 Å². The smallest absolute Gasteiger partial charge is 0.133 e. The maximum absolute atomic E-state index is 5.99. The summed E-state index contributed by atoms with van der Waals surface area (Å²) in [6.45, 7) is 10.4. The standard InChI is InChI=1S/C22H31N5O/c1-16(27-12-10-26(3)11-13-27)8-9-23-22-19-14-18-6-4-5-7-21(18)28-15-20(19)24-17(2)25-22/h4-7,16H,8-15H2,1-3H3,(H,23,24,25)/t16-/m1/s1. The molecule has 1 fully saturated rings. The van der Waals surface area contributed by atoms with Gasteiger partial charge in [-0.05, 0) is 38.9 Å². The zero-order chi connectivity index (χ0) is 19.5. The number of ether oxygens (including phenoxy) is 1. The van der Waals surface area contributed by atoms with Crippen molar-refractivity contribution in [3.05, 3.63) is 46.9 Å². The van der Waals surface area contributed by atoms with Crippen LogP contribution in [0.4, 0.5) is 5.82 Å². The normalized spacial score (nSPS) is 18.5. The van der Waals surface area contributed by atoms with E-state index in [2.05, 4.69) is 46.2 Å². The Morgan fingerprint density at radius 1 is 1.14 bits per heavy atom. The lowest BCUT2D eigenvalue weighted by Gasteiger charge is -2.36. The second kappa shape index (κ2) is 8.45. The molecule has 1 atom stereocenters. The summed E-state index contributed by atoms with van der Waals surface area (Å²) < 4.78 is 5.99. The van der Waals surface area contributed by atoms with Crippen LogP contribution in [0.2, 0.25) is 0 Å². The fourth-order valence-corrected chi connectivity index (χ4v) is 4.08. The number of anilines is 1. The van der Waals surface area contributed by atoms with Crippen LogP contribution in [0, 0.1) is 6.92 Å². The van der Waals surface area contributed by atoms with E-state index < -0.39 is 0 Å². The van der Waals surface area contributed by atoms with Crippen LogP contribution in [0.5, 0.6) is 5.75 Å². The minimum absolute atomic E-state index is 0.502. The SMILES string of the molecule is Cc1nc2c(c(NCC[C@@H](C)N3CCN(C)CC3)n1)Cc1ccccc1OC2. The van der Waals surface area contributed by atoms with Gasteiger partial charge in [-0.25, -0.2) is 9.97 Å². The number of nitrogens with zero attached hydrogens (tertiary/aromatic N) is 4. The van der Waals surface area contributed by atoms with Gasteiger partial charge in [0.2, 0.25) is 0 Å². The van der Waals surface area contributed by atoms with Crippen LogP contribution >= 0.6 is 0 Å². The van der Waals surface area contributed by atoms with Crippen molar-refractivity contribution in [2.75, 3.05) is 45.1 Å². The number of nitrogens with one attached hydrogen (secondary N) is 1. The summed E-state index contributed by atoms with van der Waals surface area (Å²) in [6, 6.07) is 8.82. The van der Waals surface area contributed by atoms with Crippen molar-refractivity contribution in [3.8, 4) is 5.75 Å². The molecule has 28 heavy (non-hydrogen) atoms. The number of piperazine rings is 1. The van der Waals surface area contributed by atoms with Crippen LogP contribution in [0.25, 0.3) is 0 Å². The van der Waals surface area contributed by atoms with Crippen LogP contribution in [-0.4, -0.2) is 65.6 Å². The Bertz CT molecular complexity index is 817. The molecule has 4 rings (SSSR count). The van der Waals surface area contributed by atoms with E-state index in [0.29, 0.717) is 12.6 Å². The van der Waals surface area contributed by atoms with Crippen LogP contribution < -0.4 is 10.1 Å². The van der Waals surface area contributed by atoms with Gasteiger partial charge in [0.05, 0.1) is 5.69 Å². The average Bonchev–Trinajstić information content (AvgIpc) is 2.88. The highest BCUT2D eigenvalue weighted by Crippen LogP contribution is 2.30. The number of hydrogen-bond acceptors (Lipinski definition) is 6. The van der Waals surface area contributed by atoms with Gasteiger partial charge in [0.15, 0.2) is 0 Å². The number of hydrogen-bond donors (Lipinski definition) is 1. The van der Waals surface area contributed by atoms with Gasteiger partial charge in [-0.15, -0.1) is 0 Å². The maximum atomic E-state index is 5.99. The minimum Gasteiger partial charge on any atom is -0.487 e. The molecule has 0 radical (unpaired) electrons. The van der Waals surface area contributed by atoms with Gasteiger partial charge in [-0.1, -0.05) is 18.2 Å². The largest absolute Gasteiger partial charge is 0.487 e. The molecular formula is C22H31N5O. The summed E-state index contributed by atoms with van der Waals surface area (Å²) in [5.74, 6) is 2.71. The number of aryl methyl sites for hydroxylation is 1. The van der Waals surface area contributed by atoms with Gasteiger partial charge < -0.3 is 15.0 Å². The van der Waals surface area contributed by atoms with E-state index in [0.717, 1.165) is 68.7 Å². The van der Waals surface area contributed by atoms with Gasteiger partial charge in [-0.3, -0.25) is 4.90 Å². The lowest BCUT2D eigenvalue weighted by atomic mass is 10.0. The summed E-state index contributed by atoms with van der Waals surface area (Å²) in [7, 11) is 2.20. The highest BCUT2D eigenvalue weighted by molar-refractivity contribution is 5.52. The molecule has 1 aromatic carbocycles. The quantitative estimate of drug-likeness (QED) is 0.859. The van der Waals surface area contributed by atoms with Crippen molar-refractivity contribution in [3.63, 3.8) is 0 Å². The fraction of sp³-hybridized carbons (Fsp3) is 0.545. The van der Waals surface area contributed by atoms with E-state index in [-0.39, 0.29) is 0 Å². The minimum atomic E-state index is 0.502. The second-order valence-corrected chi connectivity index (χ2v) is 8.02. The number of rotatable bonds is 5. The van der Waals surface area contributed by atoms with Crippen molar-refractivity contribution in [2.24, 2.45) is 0 Å². The van der Waals surface area contributed by atoms with Crippen LogP contribution in [0.15, 0.2) is 24.3 Å². The van der Waals surface area contributed by atoms with Gasteiger partial charge in [0.25, 0.3) is 0 Å². The topological polar surface area (TPSA) is 53.5 Å². The molecule has 0 unspecified atom stereocenters. The first-order valence-electron chi connectivity index (χ1n) is 10.3. The monoisotopic (exact) mass is 381 g/mol. The Balaban J connectivity index is 1.43. The molecule has 0 spiro atoms. The van der Waals surface area contributed by atoms with Crippen molar-refractivity contribution in [1.29, 1.82) is 0 Å². The lowest BCUT2D eigenvalue weighted by Crippen LogP contribution is -2.48. The highest BCUT2D eigenvalue weighted by Gasteiger charge is 2.21. The first kappa shape index (κ1) is 19.2. The van der Waals surface area contributed by atoms with E-state index >= 15 is 0 Å². The molecule has 6 heteroatoms. The number of fused-ring (bicyclic) bond motifs is 2. The molecule has 150 valence electrons. The molecule has 2 aromatic rings. The zero-order valence-electron chi connectivity index (χ0n) is 17.2. The van der Waals surface area contributed by atoms with Crippen LogP contribution in [0.1, 0.15) is 36.0 Å². The summed E-state index contributed by atoms with van der Waals surface area (Å²) in [5.41, 5.74) is 3.36. The molecule has 6 nitrogen and oxygen atoms in total. The van der Waals surface area contributed by atoms with Gasteiger partial charge in [0, 0.05) is 50.7 Å². The Morgan fingerprint density at radius 3 is 2.75 bits per heavy atom. The molecule has 2 aliphatic heterocycles. The van der Waals surface area contributed by atoms with Gasteiger partial charge >= 0.3 is 0 Å². The lowest BCUT2D eigenvalue weighted by molar-refractivity contribution is 0.116. The molecule has 3 heterocycles. The van der Waals surface area contributed by atoms with E-state index in [1.165, 1.54) is 11.1 Å². The van der Waals surface area contributed by atoms with E-state index in [4.69, 9.17) is 9.72 Å². The molecule has 1 saturated heterocycles. The zero-order valence-corrected chi connectivity index (χ0v) is 17.2. The van der Waals surface area contributed by atoms with Crippen LogP contribution in [0.3, 0.4) is 0 Å². The number of likely N-dealkylation sites (N-methyl/N-ethyl adjacent to an activating group) is 1. The second-order valence-electron chi connectivity index (χ2n) is 8.02. The number of benzene rings is 1. The summed E-state index contributed by atoms with van der Waals surface area (Å²) in [5, 5.41) is 3.61. The van der Waals surface area contributed by atoms with Gasteiger partial charge in [-0.2, -0.15) is 0 Å². The third-order valence-electron chi connectivity index (χ3n) is 5.92. The van der Waals surface area contributed by atoms with Crippen molar-refractivity contribution >= 4 is 5.82 Å². The Morgan fingerprint density at radius 2 is 1.93 bits per heavy atom. The molecule has 0 bridgehead atoms. The highest BCUT2D eigenvalue weighted by atomic mass is 16.5. The predicted molar refractivity (Wildman–Crippen MR) is 112 cm³/mol. The number of aromatic nitrogens is 2. The third kappa shape index (κ3) is 4.28. The first-order chi connectivity index (χ1) is 13.6. The van der Waals surface area contributed by atoms with Crippen molar-refractivity contribution in [2.45, 2.75) is 39.3 Å². The van der Waals surface area contributed by atoms with E-state index in [1.807, 2.05) is 19.1 Å². The molecular weight excluding hydrogens is 350 g/mol. The third-order valence-corrected chi connectivity index (χ3v) is 5.92. The molecule has 0 aliphatic carbocycles. The van der Waals surface area contributed by atoms with Crippen molar-refractivity contribution in [1.82, 2.24) is 19.8 Å². The van der Waals surface area contributed by atoms with Crippen LogP contribution in [-0.2, 0) is 13.0 Å². The summed E-state index contributed by atoms with van der Waals surface area (Å²) >= 11 is 0. The van der Waals surface area contributed by atoms with Crippen molar-refractivity contribution < 1.29 is 4.74 Å². The molecule has 2 aliphatic rings. The fourth-order valence-electron chi connectivity index (χ4n) is 4.08. The average molecular weight is 382 g/mol. The summed E-state index contributed by atoms with van der Waals surface area (Å²) in [6.07, 6.45) is 1.91. The Hall–Kier alpha value is -2.18. The first-order valence-corrected chi connectivity index (χ1v) is 10.3. The molecule has 1 N–H and O–H groups in total.